The van der Waals surface area contributed by atoms with Gasteiger partial charge in [0.1, 0.15) is 5.75 Å². The average molecular weight is 245 g/mol. The maximum atomic E-state index is 8.48. The van der Waals surface area contributed by atoms with Gasteiger partial charge < -0.3 is 9.47 Å². The van der Waals surface area contributed by atoms with Crippen LogP contribution in [0.4, 0.5) is 0 Å². The first-order chi connectivity index (χ1) is 8.80. The highest BCUT2D eigenvalue weighted by molar-refractivity contribution is 5.26. The van der Waals surface area contributed by atoms with Gasteiger partial charge >= 0.3 is 0 Å². The topological polar surface area (TPSA) is 42.2 Å². The van der Waals surface area contributed by atoms with Gasteiger partial charge in [0.15, 0.2) is 0 Å². The number of methoxy groups -OCH3 is 1. The normalized spacial score (nSPS) is 11.6. The SMILES string of the molecule is C=C[C@@H](CCCC#N)OCc1ccc(OC)cc1. The maximum absolute atomic E-state index is 8.48. The first-order valence-electron chi connectivity index (χ1n) is 6.04. The molecule has 0 saturated heterocycles. The Morgan fingerprint density at radius 3 is 2.67 bits per heavy atom. The van der Waals surface area contributed by atoms with Gasteiger partial charge in [-0.2, -0.15) is 5.26 Å². The van der Waals surface area contributed by atoms with Crippen LogP contribution in [0.5, 0.6) is 5.75 Å². The Morgan fingerprint density at radius 2 is 2.11 bits per heavy atom. The molecule has 18 heavy (non-hydrogen) atoms. The fourth-order valence-corrected chi connectivity index (χ4v) is 1.58. The molecule has 0 fully saturated rings. The Kier molecular flexibility index (Phi) is 6.60. The Bertz CT molecular complexity index is 392. The van der Waals surface area contributed by atoms with Crippen LogP contribution < -0.4 is 4.74 Å². The van der Waals surface area contributed by atoms with Crippen molar-refractivity contribution < 1.29 is 9.47 Å². The molecule has 0 radical (unpaired) electrons. The number of ether oxygens (including phenoxy) is 2. The fraction of sp³-hybridized carbons (Fsp3) is 0.400. The molecular weight excluding hydrogens is 226 g/mol. The molecule has 3 nitrogen and oxygen atoms in total. The molecule has 0 unspecified atom stereocenters. The molecule has 0 bridgehead atoms. The lowest BCUT2D eigenvalue weighted by Crippen LogP contribution is -2.09. The molecule has 0 aliphatic heterocycles. The Hall–Kier alpha value is -1.79. The third kappa shape index (κ3) is 5.03. The van der Waals surface area contributed by atoms with Crippen LogP contribution in [-0.4, -0.2) is 13.2 Å². The molecule has 1 aromatic rings. The van der Waals surface area contributed by atoms with E-state index in [1.165, 1.54) is 0 Å². The summed E-state index contributed by atoms with van der Waals surface area (Å²) in [7, 11) is 1.65. The van der Waals surface area contributed by atoms with Crippen LogP contribution in [0.2, 0.25) is 0 Å². The van der Waals surface area contributed by atoms with Crippen molar-refractivity contribution in [3.05, 3.63) is 42.5 Å². The zero-order chi connectivity index (χ0) is 13.2. The van der Waals surface area contributed by atoms with E-state index in [0.717, 1.165) is 24.2 Å². The second-order valence-electron chi connectivity index (χ2n) is 3.98. The van der Waals surface area contributed by atoms with Crippen LogP contribution in [0.1, 0.15) is 24.8 Å². The summed E-state index contributed by atoms with van der Waals surface area (Å²) in [5.41, 5.74) is 1.10. The molecule has 96 valence electrons. The van der Waals surface area contributed by atoms with Crippen molar-refractivity contribution in [3.63, 3.8) is 0 Å². The smallest absolute Gasteiger partial charge is 0.118 e. The third-order valence-electron chi connectivity index (χ3n) is 2.66. The lowest BCUT2D eigenvalue weighted by Gasteiger charge is -2.13. The molecule has 0 spiro atoms. The number of rotatable bonds is 8. The molecule has 0 amide bonds. The second kappa shape index (κ2) is 8.32. The number of hydrogen-bond acceptors (Lipinski definition) is 3. The van der Waals surface area contributed by atoms with Crippen molar-refractivity contribution in [2.75, 3.05) is 7.11 Å². The number of nitrogens with zero attached hydrogens (tertiary/aromatic N) is 1. The Morgan fingerprint density at radius 1 is 1.39 bits per heavy atom. The van der Waals surface area contributed by atoms with Gasteiger partial charge in [-0.1, -0.05) is 18.2 Å². The first-order valence-corrected chi connectivity index (χ1v) is 6.04. The summed E-state index contributed by atoms with van der Waals surface area (Å²) in [6.07, 6.45) is 4.06. The molecule has 1 atom stereocenters. The summed E-state index contributed by atoms with van der Waals surface area (Å²) in [5.74, 6) is 0.841. The molecule has 0 aliphatic carbocycles. The van der Waals surface area contributed by atoms with Crippen LogP contribution in [0.25, 0.3) is 0 Å². The molecule has 0 aliphatic rings. The number of unbranched alkanes of at least 4 members (excludes halogenated alkanes) is 1. The average Bonchev–Trinajstić information content (AvgIpc) is 2.43. The van der Waals surface area contributed by atoms with E-state index >= 15 is 0 Å². The van der Waals surface area contributed by atoms with E-state index in [1.54, 1.807) is 13.2 Å². The summed E-state index contributed by atoms with van der Waals surface area (Å²) in [6, 6.07) is 9.92. The zero-order valence-corrected chi connectivity index (χ0v) is 10.8. The van der Waals surface area contributed by atoms with E-state index in [2.05, 4.69) is 12.6 Å². The van der Waals surface area contributed by atoms with E-state index in [0.29, 0.717) is 13.0 Å². The summed E-state index contributed by atoms with van der Waals surface area (Å²) < 4.78 is 10.8. The van der Waals surface area contributed by atoms with Gasteiger partial charge in [0.2, 0.25) is 0 Å². The second-order valence-corrected chi connectivity index (χ2v) is 3.98. The molecule has 0 aromatic heterocycles. The van der Waals surface area contributed by atoms with Crippen LogP contribution in [0.3, 0.4) is 0 Å². The molecule has 0 heterocycles. The number of hydrogen-bond donors (Lipinski definition) is 0. The predicted molar refractivity (Wildman–Crippen MR) is 71.2 cm³/mol. The van der Waals surface area contributed by atoms with Gasteiger partial charge in [-0.05, 0) is 30.5 Å². The highest BCUT2D eigenvalue weighted by Gasteiger charge is 2.04. The van der Waals surface area contributed by atoms with E-state index in [4.69, 9.17) is 14.7 Å². The van der Waals surface area contributed by atoms with E-state index in [9.17, 15) is 0 Å². The minimum absolute atomic E-state index is 0.0143. The van der Waals surface area contributed by atoms with Crippen molar-refractivity contribution in [3.8, 4) is 11.8 Å². The van der Waals surface area contributed by atoms with Gasteiger partial charge in [-0.25, -0.2) is 0 Å². The number of nitriles is 1. The van der Waals surface area contributed by atoms with Crippen molar-refractivity contribution in [1.82, 2.24) is 0 Å². The largest absolute Gasteiger partial charge is 0.497 e. The number of benzene rings is 1. The Balaban J connectivity index is 2.37. The molecular formula is C15H19NO2. The van der Waals surface area contributed by atoms with Crippen LogP contribution in [0.15, 0.2) is 36.9 Å². The highest BCUT2D eigenvalue weighted by atomic mass is 16.5. The Labute approximate surface area is 109 Å². The summed E-state index contributed by atoms with van der Waals surface area (Å²) in [5, 5.41) is 8.48. The minimum Gasteiger partial charge on any atom is -0.497 e. The van der Waals surface area contributed by atoms with Crippen molar-refractivity contribution in [2.24, 2.45) is 0 Å². The van der Waals surface area contributed by atoms with E-state index in [-0.39, 0.29) is 6.10 Å². The molecule has 0 saturated carbocycles. The fourth-order valence-electron chi connectivity index (χ4n) is 1.58. The summed E-state index contributed by atoms with van der Waals surface area (Å²) in [6.45, 7) is 4.30. The van der Waals surface area contributed by atoms with Gasteiger partial charge in [-0.15, -0.1) is 6.58 Å². The molecule has 1 rings (SSSR count). The highest BCUT2D eigenvalue weighted by Crippen LogP contribution is 2.14. The first kappa shape index (κ1) is 14.3. The quantitative estimate of drug-likeness (QED) is 0.520. The molecule has 1 aromatic carbocycles. The minimum atomic E-state index is 0.0143. The van der Waals surface area contributed by atoms with Crippen molar-refractivity contribution >= 4 is 0 Å². The third-order valence-corrected chi connectivity index (χ3v) is 2.66. The van der Waals surface area contributed by atoms with E-state index in [1.807, 2.05) is 24.3 Å². The maximum Gasteiger partial charge on any atom is 0.118 e. The van der Waals surface area contributed by atoms with Crippen molar-refractivity contribution in [1.29, 1.82) is 5.26 Å². The van der Waals surface area contributed by atoms with Crippen molar-refractivity contribution in [2.45, 2.75) is 32.0 Å². The molecule has 3 heteroatoms. The predicted octanol–water partition coefficient (Wildman–Crippen LogP) is 3.46. The summed E-state index contributed by atoms with van der Waals surface area (Å²) in [4.78, 5) is 0. The van der Waals surface area contributed by atoms with Gasteiger partial charge in [-0.3, -0.25) is 0 Å². The monoisotopic (exact) mass is 245 g/mol. The van der Waals surface area contributed by atoms with Gasteiger partial charge in [0.05, 0.1) is 25.9 Å². The van der Waals surface area contributed by atoms with Crippen LogP contribution in [-0.2, 0) is 11.3 Å². The van der Waals surface area contributed by atoms with Gasteiger partial charge in [0.25, 0.3) is 0 Å². The zero-order valence-electron chi connectivity index (χ0n) is 10.8. The van der Waals surface area contributed by atoms with E-state index < -0.39 is 0 Å². The lowest BCUT2D eigenvalue weighted by atomic mass is 10.1. The van der Waals surface area contributed by atoms with Gasteiger partial charge in [0, 0.05) is 6.42 Å². The van der Waals surface area contributed by atoms with Crippen LogP contribution in [0, 0.1) is 11.3 Å². The summed E-state index contributed by atoms with van der Waals surface area (Å²) >= 11 is 0. The standard InChI is InChI=1S/C15H19NO2/c1-3-14(6-4-5-11-16)18-12-13-7-9-15(17-2)10-8-13/h3,7-10,14H,1,4-6,12H2,2H3/t14-/m0/s1. The molecule has 0 N–H and O–H groups in total. The lowest BCUT2D eigenvalue weighted by molar-refractivity contribution is 0.0656. The van der Waals surface area contributed by atoms with Crippen LogP contribution >= 0.6 is 0 Å².